The molecule has 0 aromatic carbocycles. The fourth-order valence-corrected chi connectivity index (χ4v) is 1.60. The summed E-state index contributed by atoms with van der Waals surface area (Å²) in [4.78, 5) is 2.45. The lowest BCUT2D eigenvalue weighted by Gasteiger charge is -2.25. The molecule has 0 saturated heterocycles. The first-order valence-corrected chi connectivity index (χ1v) is 4.45. The average molecular weight is 225 g/mol. The summed E-state index contributed by atoms with van der Waals surface area (Å²) in [6.45, 7) is 3.42. The molecule has 13 heavy (non-hydrogen) atoms. The first-order valence-electron chi connectivity index (χ1n) is 4.45. The zero-order valence-corrected chi connectivity index (χ0v) is 9.37. The lowest BCUT2D eigenvalue weighted by molar-refractivity contribution is 0.272. The molecular weight excluding hydrogens is 207 g/mol. The second-order valence-corrected chi connectivity index (χ2v) is 3.86. The van der Waals surface area contributed by atoms with Crippen molar-refractivity contribution in [2.45, 2.75) is 24.8 Å². The molecule has 1 fully saturated rings. The highest BCUT2D eigenvalue weighted by Gasteiger charge is 2.39. The van der Waals surface area contributed by atoms with E-state index in [0.717, 1.165) is 13.1 Å². The number of nitrogens with two attached hydrogens (primary N) is 1. The molecule has 0 radical (unpaired) electrons. The first-order chi connectivity index (χ1) is 5.29. The van der Waals surface area contributed by atoms with Gasteiger partial charge in [-0.05, 0) is 19.3 Å². The molecule has 1 saturated carbocycles. The van der Waals surface area contributed by atoms with Crippen molar-refractivity contribution in [2.75, 3.05) is 19.6 Å². The molecule has 0 amide bonds. The van der Waals surface area contributed by atoms with Crippen LogP contribution in [-0.2, 0) is 0 Å². The predicted octanol–water partition coefficient (Wildman–Crippen LogP) is 1.58. The Morgan fingerprint density at radius 1 is 1.23 bits per heavy atom. The van der Waals surface area contributed by atoms with Gasteiger partial charge in [-0.15, -0.1) is 24.8 Å². The summed E-state index contributed by atoms with van der Waals surface area (Å²) in [5.74, 6) is 0. The number of rotatable bonds is 2. The Labute approximate surface area is 92.4 Å². The van der Waals surface area contributed by atoms with Gasteiger partial charge in [-0.25, -0.2) is 0 Å². The van der Waals surface area contributed by atoms with Crippen molar-refractivity contribution in [3.8, 4) is 0 Å². The summed E-state index contributed by atoms with van der Waals surface area (Å²) < 4.78 is 0. The SMILES string of the molecule is Cl.Cl.NC1(CN2CC=CCC2)CC1. The highest BCUT2D eigenvalue weighted by molar-refractivity contribution is 5.85. The van der Waals surface area contributed by atoms with Crippen LogP contribution in [-0.4, -0.2) is 30.1 Å². The number of hydrogen-bond acceptors (Lipinski definition) is 2. The molecule has 2 rings (SSSR count). The highest BCUT2D eigenvalue weighted by atomic mass is 35.5. The summed E-state index contributed by atoms with van der Waals surface area (Å²) in [5.41, 5.74) is 6.21. The van der Waals surface area contributed by atoms with Crippen LogP contribution in [0.2, 0.25) is 0 Å². The van der Waals surface area contributed by atoms with E-state index >= 15 is 0 Å². The lowest BCUT2D eigenvalue weighted by atomic mass is 10.2. The Kier molecular flexibility index (Phi) is 5.30. The molecule has 78 valence electrons. The molecular formula is C9H18Cl2N2. The van der Waals surface area contributed by atoms with Gasteiger partial charge in [0.1, 0.15) is 0 Å². The Hall–Kier alpha value is 0.240. The van der Waals surface area contributed by atoms with Crippen LogP contribution >= 0.6 is 24.8 Å². The molecule has 2 N–H and O–H groups in total. The Balaban J connectivity index is 0.000000720. The second kappa shape index (κ2) is 5.20. The third-order valence-corrected chi connectivity index (χ3v) is 2.57. The molecule has 0 spiro atoms. The van der Waals surface area contributed by atoms with Gasteiger partial charge in [0.25, 0.3) is 0 Å². The number of halogens is 2. The molecule has 0 aromatic heterocycles. The van der Waals surface area contributed by atoms with E-state index in [9.17, 15) is 0 Å². The minimum atomic E-state index is 0. The average Bonchev–Trinajstić information content (AvgIpc) is 2.70. The van der Waals surface area contributed by atoms with Crippen LogP contribution in [0.15, 0.2) is 12.2 Å². The third-order valence-electron chi connectivity index (χ3n) is 2.57. The fraction of sp³-hybridized carbons (Fsp3) is 0.778. The maximum Gasteiger partial charge on any atom is 0.0284 e. The van der Waals surface area contributed by atoms with Crippen LogP contribution in [0.4, 0.5) is 0 Å². The Morgan fingerprint density at radius 2 is 1.92 bits per heavy atom. The summed E-state index contributed by atoms with van der Waals surface area (Å²) in [5, 5.41) is 0. The van der Waals surface area contributed by atoms with Gasteiger partial charge in [-0.2, -0.15) is 0 Å². The minimum Gasteiger partial charge on any atom is -0.324 e. The quantitative estimate of drug-likeness (QED) is 0.723. The van der Waals surface area contributed by atoms with Crippen molar-refractivity contribution in [2.24, 2.45) is 5.73 Å². The lowest BCUT2D eigenvalue weighted by Crippen LogP contribution is -2.40. The van der Waals surface area contributed by atoms with Gasteiger partial charge in [-0.1, -0.05) is 12.2 Å². The van der Waals surface area contributed by atoms with E-state index in [2.05, 4.69) is 17.1 Å². The minimum absolute atomic E-state index is 0. The van der Waals surface area contributed by atoms with Crippen LogP contribution in [0.25, 0.3) is 0 Å². The van der Waals surface area contributed by atoms with Crippen molar-refractivity contribution in [1.82, 2.24) is 4.90 Å². The second-order valence-electron chi connectivity index (χ2n) is 3.86. The molecule has 4 heteroatoms. The molecule has 0 atom stereocenters. The maximum absolute atomic E-state index is 6.01. The van der Waals surface area contributed by atoms with Crippen molar-refractivity contribution < 1.29 is 0 Å². The van der Waals surface area contributed by atoms with Crippen LogP contribution in [0, 0.1) is 0 Å². The van der Waals surface area contributed by atoms with E-state index in [4.69, 9.17) is 5.73 Å². The molecule has 0 bridgehead atoms. The summed E-state index contributed by atoms with van der Waals surface area (Å²) >= 11 is 0. The van der Waals surface area contributed by atoms with Gasteiger partial charge in [0.05, 0.1) is 0 Å². The van der Waals surface area contributed by atoms with E-state index in [1.807, 2.05) is 0 Å². The largest absolute Gasteiger partial charge is 0.324 e. The van der Waals surface area contributed by atoms with Gasteiger partial charge >= 0.3 is 0 Å². The first kappa shape index (κ1) is 13.2. The fourth-order valence-electron chi connectivity index (χ4n) is 1.60. The van der Waals surface area contributed by atoms with Gasteiger partial charge in [0, 0.05) is 25.2 Å². The Bertz CT molecular complexity index is 178. The predicted molar refractivity (Wildman–Crippen MR) is 60.8 cm³/mol. The van der Waals surface area contributed by atoms with E-state index in [1.54, 1.807) is 0 Å². The van der Waals surface area contributed by atoms with Crippen molar-refractivity contribution >= 4 is 24.8 Å². The monoisotopic (exact) mass is 224 g/mol. The highest BCUT2D eigenvalue weighted by Crippen LogP contribution is 2.33. The van der Waals surface area contributed by atoms with Crippen molar-refractivity contribution in [3.63, 3.8) is 0 Å². The number of nitrogens with zero attached hydrogens (tertiary/aromatic N) is 1. The standard InChI is InChI=1S/C9H16N2.2ClH/c10-9(4-5-9)8-11-6-2-1-3-7-11;;/h1-2H,3-8,10H2;2*1H. The van der Waals surface area contributed by atoms with Crippen LogP contribution in [0.3, 0.4) is 0 Å². The van der Waals surface area contributed by atoms with E-state index in [-0.39, 0.29) is 30.4 Å². The topological polar surface area (TPSA) is 29.3 Å². The summed E-state index contributed by atoms with van der Waals surface area (Å²) in [6, 6.07) is 0. The van der Waals surface area contributed by atoms with E-state index < -0.39 is 0 Å². The molecule has 1 aliphatic heterocycles. The molecule has 2 nitrogen and oxygen atoms in total. The van der Waals surface area contributed by atoms with Crippen LogP contribution < -0.4 is 5.73 Å². The molecule has 0 unspecified atom stereocenters. The number of hydrogen-bond donors (Lipinski definition) is 1. The smallest absolute Gasteiger partial charge is 0.0284 e. The van der Waals surface area contributed by atoms with Gasteiger partial charge in [0.2, 0.25) is 0 Å². The molecule has 1 aliphatic carbocycles. The van der Waals surface area contributed by atoms with E-state index in [0.29, 0.717) is 0 Å². The van der Waals surface area contributed by atoms with Gasteiger partial charge < -0.3 is 5.73 Å². The normalized spacial score (nSPS) is 24.4. The summed E-state index contributed by atoms with van der Waals surface area (Å²) in [7, 11) is 0. The van der Waals surface area contributed by atoms with Crippen molar-refractivity contribution in [3.05, 3.63) is 12.2 Å². The zero-order valence-electron chi connectivity index (χ0n) is 7.74. The maximum atomic E-state index is 6.01. The molecule has 0 aromatic rings. The van der Waals surface area contributed by atoms with Crippen molar-refractivity contribution in [1.29, 1.82) is 0 Å². The van der Waals surface area contributed by atoms with Gasteiger partial charge in [-0.3, -0.25) is 4.90 Å². The molecule has 1 heterocycles. The van der Waals surface area contributed by atoms with E-state index in [1.165, 1.54) is 25.8 Å². The van der Waals surface area contributed by atoms with Crippen LogP contribution in [0.5, 0.6) is 0 Å². The molecule has 2 aliphatic rings. The third kappa shape index (κ3) is 3.86. The van der Waals surface area contributed by atoms with Crippen LogP contribution in [0.1, 0.15) is 19.3 Å². The van der Waals surface area contributed by atoms with Gasteiger partial charge in [0.15, 0.2) is 0 Å². The summed E-state index contributed by atoms with van der Waals surface area (Å²) in [6.07, 6.45) is 8.17. The Morgan fingerprint density at radius 3 is 2.38 bits per heavy atom. The zero-order chi connectivity index (χ0) is 7.73.